The second-order valence-corrected chi connectivity index (χ2v) is 4.78. The molecule has 0 saturated heterocycles. The zero-order valence-electron chi connectivity index (χ0n) is 12.0. The molecule has 0 amide bonds. The smallest absolute Gasteiger partial charge is 0.125 e. The quantitative estimate of drug-likeness (QED) is 0.854. The number of hydrogen-bond donors (Lipinski definition) is 1. The first kappa shape index (κ1) is 17.3. The van der Waals surface area contributed by atoms with Gasteiger partial charge in [0, 0.05) is 6.04 Å². The van der Waals surface area contributed by atoms with Crippen LogP contribution in [0.15, 0.2) is 12.1 Å². The Hall–Kier alpha value is -0.730. The van der Waals surface area contributed by atoms with E-state index in [4.69, 9.17) is 10.5 Å². The van der Waals surface area contributed by atoms with Crippen LogP contribution in [0, 0.1) is 13.8 Å². The van der Waals surface area contributed by atoms with Gasteiger partial charge in [-0.25, -0.2) is 0 Å². The van der Waals surface area contributed by atoms with Crippen LogP contribution in [0.4, 0.5) is 0 Å². The van der Waals surface area contributed by atoms with Gasteiger partial charge in [-0.2, -0.15) is 0 Å². The molecule has 104 valence electrons. The number of benzene rings is 1. The number of ether oxygens (including phenoxy) is 1. The van der Waals surface area contributed by atoms with Gasteiger partial charge in [0.15, 0.2) is 0 Å². The van der Waals surface area contributed by atoms with Crippen molar-refractivity contribution < 1.29 is 4.74 Å². The maximum atomic E-state index is 5.99. The zero-order chi connectivity index (χ0) is 12.8. The van der Waals surface area contributed by atoms with Crippen LogP contribution >= 0.6 is 12.4 Å². The number of rotatable bonds is 6. The average Bonchev–Trinajstić information content (AvgIpc) is 2.28. The van der Waals surface area contributed by atoms with Crippen LogP contribution in [0.1, 0.15) is 43.4 Å². The lowest BCUT2D eigenvalue weighted by Gasteiger charge is -2.15. The van der Waals surface area contributed by atoms with Gasteiger partial charge in [-0.15, -0.1) is 12.4 Å². The van der Waals surface area contributed by atoms with Gasteiger partial charge in [-0.3, -0.25) is 0 Å². The van der Waals surface area contributed by atoms with E-state index in [1.807, 2.05) is 0 Å². The fraction of sp³-hybridized carbons (Fsp3) is 0.600. The highest BCUT2D eigenvalue weighted by Gasteiger charge is 2.08. The summed E-state index contributed by atoms with van der Waals surface area (Å²) in [7, 11) is 0. The van der Waals surface area contributed by atoms with Crippen LogP contribution in [0.25, 0.3) is 0 Å². The summed E-state index contributed by atoms with van der Waals surface area (Å²) in [5, 5.41) is 0. The van der Waals surface area contributed by atoms with Gasteiger partial charge >= 0.3 is 0 Å². The zero-order valence-corrected chi connectivity index (χ0v) is 12.8. The lowest BCUT2D eigenvalue weighted by molar-refractivity contribution is 0.313. The monoisotopic (exact) mass is 271 g/mol. The lowest BCUT2D eigenvalue weighted by Crippen LogP contribution is -2.21. The predicted octanol–water partition coefficient (Wildman–Crippen LogP) is 3.79. The summed E-state index contributed by atoms with van der Waals surface area (Å²) in [4.78, 5) is 0. The average molecular weight is 272 g/mol. The van der Waals surface area contributed by atoms with E-state index < -0.39 is 0 Å². The number of nitrogens with two attached hydrogens (primary N) is 1. The highest BCUT2D eigenvalue weighted by Crippen LogP contribution is 2.25. The highest BCUT2D eigenvalue weighted by atomic mass is 35.5. The van der Waals surface area contributed by atoms with Crippen molar-refractivity contribution in [2.75, 3.05) is 6.61 Å². The summed E-state index contributed by atoms with van der Waals surface area (Å²) in [6.07, 6.45) is 3.01. The van der Waals surface area contributed by atoms with E-state index in [2.05, 4.69) is 39.8 Å². The molecule has 1 aromatic carbocycles. The van der Waals surface area contributed by atoms with Gasteiger partial charge in [-0.05, 0) is 49.8 Å². The summed E-state index contributed by atoms with van der Waals surface area (Å²) in [6, 6.07) is 4.66. The van der Waals surface area contributed by atoms with Crippen molar-refractivity contribution in [3.8, 4) is 5.75 Å². The molecule has 0 spiro atoms. The maximum absolute atomic E-state index is 5.99. The molecule has 0 heterocycles. The summed E-state index contributed by atoms with van der Waals surface area (Å²) in [5.74, 6) is 1.04. The molecular formula is C15H26ClNO. The lowest BCUT2D eigenvalue weighted by atomic mass is 9.99. The van der Waals surface area contributed by atoms with Gasteiger partial charge in [0.25, 0.3) is 0 Å². The van der Waals surface area contributed by atoms with E-state index in [9.17, 15) is 0 Å². The van der Waals surface area contributed by atoms with Crippen molar-refractivity contribution in [1.82, 2.24) is 0 Å². The molecule has 18 heavy (non-hydrogen) atoms. The second kappa shape index (κ2) is 8.39. The van der Waals surface area contributed by atoms with Crippen molar-refractivity contribution in [2.45, 2.75) is 53.0 Å². The van der Waals surface area contributed by atoms with Crippen LogP contribution in [-0.4, -0.2) is 12.6 Å². The number of aryl methyl sites for hydroxylation is 2. The van der Waals surface area contributed by atoms with E-state index in [0.29, 0.717) is 0 Å². The minimum absolute atomic E-state index is 0. The molecule has 2 nitrogen and oxygen atoms in total. The van der Waals surface area contributed by atoms with Gasteiger partial charge in [0.05, 0.1) is 6.61 Å². The first-order valence-electron chi connectivity index (χ1n) is 6.57. The summed E-state index contributed by atoms with van der Waals surface area (Å²) >= 11 is 0. The molecule has 2 N–H and O–H groups in total. The third-order valence-electron chi connectivity index (χ3n) is 2.99. The SMILES string of the molecule is CCCOc1c(C)cc(CC(N)CC)cc1C.Cl. The molecule has 0 aliphatic heterocycles. The van der Waals surface area contributed by atoms with Crippen LogP contribution in [0.3, 0.4) is 0 Å². The van der Waals surface area contributed by atoms with E-state index in [0.717, 1.165) is 31.6 Å². The highest BCUT2D eigenvalue weighted by molar-refractivity contribution is 5.85. The molecule has 0 bridgehead atoms. The molecule has 3 heteroatoms. The molecule has 1 aromatic rings. The molecular weight excluding hydrogens is 246 g/mol. The molecule has 0 radical (unpaired) electrons. The molecule has 0 aliphatic rings. The van der Waals surface area contributed by atoms with Crippen molar-refractivity contribution >= 4 is 12.4 Å². The number of halogens is 1. The Morgan fingerprint density at radius 3 is 2.17 bits per heavy atom. The minimum atomic E-state index is 0. The van der Waals surface area contributed by atoms with E-state index >= 15 is 0 Å². The minimum Gasteiger partial charge on any atom is -0.493 e. The normalized spacial score (nSPS) is 11.8. The van der Waals surface area contributed by atoms with Crippen molar-refractivity contribution in [3.05, 3.63) is 28.8 Å². The van der Waals surface area contributed by atoms with Crippen molar-refractivity contribution in [3.63, 3.8) is 0 Å². The van der Waals surface area contributed by atoms with Gasteiger partial charge in [0.1, 0.15) is 5.75 Å². The Bertz CT molecular complexity index is 343. The van der Waals surface area contributed by atoms with E-state index in [1.54, 1.807) is 0 Å². The van der Waals surface area contributed by atoms with Crippen LogP contribution in [-0.2, 0) is 6.42 Å². The molecule has 1 unspecified atom stereocenters. The third-order valence-corrected chi connectivity index (χ3v) is 2.99. The first-order chi connectivity index (χ1) is 8.08. The molecule has 0 aromatic heterocycles. The first-order valence-corrected chi connectivity index (χ1v) is 6.57. The van der Waals surface area contributed by atoms with Crippen LogP contribution in [0.5, 0.6) is 5.75 Å². The predicted molar refractivity (Wildman–Crippen MR) is 80.9 cm³/mol. The summed E-state index contributed by atoms with van der Waals surface area (Å²) in [6.45, 7) is 9.26. The van der Waals surface area contributed by atoms with Crippen LogP contribution in [0.2, 0.25) is 0 Å². The Kier molecular flexibility index (Phi) is 8.05. The van der Waals surface area contributed by atoms with E-state index in [-0.39, 0.29) is 18.4 Å². The standard InChI is InChI=1S/C15H25NO.ClH/c1-5-7-17-15-11(3)8-13(9-12(15)4)10-14(16)6-2;/h8-9,14H,5-7,10,16H2,1-4H3;1H. The number of hydrogen-bond acceptors (Lipinski definition) is 2. The molecule has 0 aliphatic carbocycles. The largest absolute Gasteiger partial charge is 0.493 e. The Morgan fingerprint density at radius 1 is 1.17 bits per heavy atom. The summed E-state index contributed by atoms with van der Waals surface area (Å²) in [5.41, 5.74) is 9.75. The van der Waals surface area contributed by atoms with Crippen molar-refractivity contribution in [2.24, 2.45) is 5.73 Å². The fourth-order valence-corrected chi connectivity index (χ4v) is 2.04. The van der Waals surface area contributed by atoms with Crippen LogP contribution < -0.4 is 10.5 Å². The molecule has 0 fully saturated rings. The Labute approximate surface area is 117 Å². The molecule has 1 rings (SSSR count). The second-order valence-electron chi connectivity index (χ2n) is 4.78. The van der Waals surface area contributed by atoms with Gasteiger partial charge in [0.2, 0.25) is 0 Å². The third kappa shape index (κ3) is 4.87. The van der Waals surface area contributed by atoms with Crippen molar-refractivity contribution in [1.29, 1.82) is 0 Å². The Balaban J connectivity index is 0.00000289. The molecule has 0 saturated carbocycles. The fourth-order valence-electron chi connectivity index (χ4n) is 2.04. The Morgan fingerprint density at radius 2 is 1.72 bits per heavy atom. The molecule has 1 atom stereocenters. The topological polar surface area (TPSA) is 35.2 Å². The summed E-state index contributed by atoms with van der Waals surface area (Å²) < 4.78 is 5.77. The maximum Gasteiger partial charge on any atom is 0.125 e. The van der Waals surface area contributed by atoms with Gasteiger partial charge < -0.3 is 10.5 Å². The van der Waals surface area contributed by atoms with Gasteiger partial charge in [-0.1, -0.05) is 26.0 Å². The van der Waals surface area contributed by atoms with E-state index in [1.165, 1.54) is 16.7 Å².